The van der Waals surface area contributed by atoms with Gasteiger partial charge >= 0.3 is 5.97 Å². The molecule has 4 bridgehead atoms. The smallest absolute Gasteiger partial charge is 0.337 e. The zero-order valence-corrected chi connectivity index (χ0v) is 18.6. The molecule has 4 heteroatoms. The van der Waals surface area contributed by atoms with Crippen LogP contribution in [-0.2, 0) is 10.2 Å². The third-order valence-corrected chi connectivity index (χ3v) is 7.70. The van der Waals surface area contributed by atoms with E-state index in [1.54, 1.807) is 31.4 Å². The van der Waals surface area contributed by atoms with Crippen LogP contribution in [0.5, 0.6) is 5.75 Å². The lowest BCUT2D eigenvalue weighted by atomic mass is 9.48. The molecule has 4 saturated carbocycles. The molecular weight excluding hydrogens is 400 g/mol. The zero-order valence-electron chi connectivity index (χ0n) is 18.6. The molecule has 0 radical (unpaired) electrons. The van der Waals surface area contributed by atoms with Crippen molar-refractivity contribution >= 4 is 11.8 Å². The van der Waals surface area contributed by atoms with Gasteiger partial charge in [0.2, 0.25) is 5.78 Å². The monoisotopic (exact) mass is 428 g/mol. The summed E-state index contributed by atoms with van der Waals surface area (Å²) < 4.78 is 10.5. The molecule has 0 unspecified atom stereocenters. The number of hydrogen-bond donors (Lipinski definition) is 0. The van der Waals surface area contributed by atoms with Crippen molar-refractivity contribution in [3.63, 3.8) is 0 Å². The van der Waals surface area contributed by atoms with Crippen molar-refractivity contribution in [2.24, 2.45) is 17.8 Å². The molecule has 0 saturated heterocycles. The lowest BCUT2D eigenvalue weighted by Crippen LogP contribution is -2.48. The summed E-state index contributed by atoms with van der Waals surface area (Å²) in [4.78, 5) is 24.5. The van der Waals surface area contributed by atoms with E-state index in [1.165, 1.54) is 51.2 Å². The Morgan fingerprint density at radius 2 is 1.47 bits per heavy atom. The van der Waals surface area contributed by atoms with Crippen molar-refractivity contribution in [2.75, 3.05) is 14.2 Å². The highest BCUT2D eigenvalue weighted by molar-refractivity contribution is 6.09. The zero-order chi connectivity index (χ0) is 22.3. The highest BCUT2D eigenvalue weighted by Gasteiger charge is 2.52. The molecule has 6 rings (SSSR count). The van der Waals surface area contributed by atoms with Crippen molar-refractivity contribution in [2.45, 2.75) is 43.9 Å². The number of methoxy groups -OCH3 is 2. The van der Waals surface area contributed by atoms with Crippen molar-refractivity contribution < 1.29 is 19.1 Å². The second-order valence-electron chi connectivity index (χ2n) is 9.76. The number of benzene rings is 2. The highest BCUT2D eigenvalue weighted by atomic mass is 16.5. The van der Waals surface area contributed by atoms with Crippen LogP contribution < -0.4 is 4.74 Å². The first kappa shape index (κ1) is 20.8. The van der Waals surface area contributed by atoms with Crippen LogP contribution in [0.15, 0.2) is 42.5 Å². The van der Waals surface area contributed by atoms with E-state index in [9.17, 15) is 9.59 Å². The lowest BCUT2D eigenvalue weighted by Gasteiger charge is -2.57. The van der Waals surface area contributed by atoms with Crippen LogP contribution in [0.3, 0.4) is 0 Å². The molecule has 4 nitrogen and oxygen atoms in total. The van der Waals surface area contributed by atoms with E-state index in [4.69, 9.17) is 9.47 Å². The van der Waals surface area contributed by atoms with E-state index in [2.05, 4.69) is 11.8 Å². The Labute approximate surface area is 189 Å². The van der Waals surface area contributed by atoms with Gasteiger partial charge in [0.1, 0.15) is 5.75 Å². The first-order chi connectivity index (χ1) is 15.5. The van der Waals surface area contributed by atoms with Crippen molar-refractivity contribution in [3.05, 3.63) is 64.7 Å². The summed E-state index contributed by atoms with van der Waals surface area (Å²) in [5.74, 6) is 8.46. The minimum absolute atomic E-state index is 0.146. The van der Waals surface area contributed by atoms with Gasteiger partial charge in [-0.05, 0) is 110 Å². The summed E-state index contributed by atoms with van der Waals surface area (Å²) in [5, 5.41) is 0. The highest BCUT2D eigenvalue weighted by Crippen LogP contribution is 2.61. The van der Waals surface area contributed by atoms with Crippen LogP contribution in [0.4, 0.5) is 0 Å². The maximum Gasteiger partial charge on any atom is 0.337 e. The van der Waals surface area contributed by atoms with Gasteiger partial charge in [-0.3, -0.25) is 4.79 Å². The summed E-state index contributed by atoms with van der Waals surface area (Å²) in [6, 6.07) is 12.6. The summed E-state index contributed by atoms with van der Waals surface area (Å²) in [6.07, 6.45) is 7.77. The van der Waals surface area contributed by atoms with E-state index in [-0.39, 0.29) is 11.2 Å². The predicted octanol–water partition coefficient (Wildman–Crippen LogP) is 5.18. The van der Waals surface area contributed by atoms with E-state index >= 15 is 0 Å². The average molecular weight is 429 g/mol. The molecule has 0 spiro atoms. The second kappa shape index (κ2) is 8.13. The minimum Gasteiger partial charge on any atom is -0.496 e. The van der Waals surface area contributed by atoms with E-state index in [0.29, 0.717) is 16.7 Å². The molecular formula is C28H28O4. The van der Waals surface area contributed by atoms with Crippen molar-refractivity contribution in [1.29, 1.82) is 0 Å². The molecule has 164 valence electrons. The lowest BCUT2D eigenvalue weighted by molar-refractivity contribution is -0.00617. The SMILES string of the molecule is COC(=O)c1ccc(C#CC(=O)c2ccc(OC)c(C34CC5CC(CC(C5)C3)C4)c2)cc1. The molecule has 0 atom stereocenters. The Bertz CT molecular complexity index is 1080. The number of carbonyl (C=O) groups excluding carboxylic acids is 2. The van der Waals surface area contributed by atoms with Crippen LogP contribution in [0, 0.1) is 29.6 Å². The normalized spacial score (nSPS) is 27.4. The summed E-state index contributed by atoms with van der Waals surface area (Å²) in [5.41, 5.74) is 3.11. The summed E-state index contributed by atoms with van der Waals surface area (Å²) in [7, 11) is 3.07. The van der Waals surface area contributed by atoms with Crippen LogP contribution in [0.1, 0.15) is 70.4 Å². The van der Waals surface area contributed by atoms with E-state index < -0.39 is 5.97 Å². The molecule has 2 aromatic carbocycles. The van der Waals surface area contributed by atoms with Gasteiger partial charge in [-0.2, -0.15) is 0 Å². The van der Waals surface area contributed by atoms with Crippen LogP contribution in [-0.4, -0.2) is 26.0 Å². The first-order valence-electron chi connectivity index (χ1n) is 11.4. The van der Waals surface area contributed by atoms with Gasteiger partial charge in [0.25, 0.3) is 0 Å². The van der Waals surface area contributed by atoms with Gasteiger partial charge in [0.15, 0.2) is 0 Å². The average Bonchev–Trinajstić information content (AvgIpc) is 2.81. The summed E-state index contributed by atoms with van der Waals surface area (Å²) >= 11 is 0. The quantitative estimate of drug-likeness (QED) is 0.382. The number of hydrogen-bond acceptors (Lipinski definition) is 4. The first-order valence-corrected chi connectivity index (χ1v) is 11.4. The van der Waals surface area contributed by atoms with Gasteiger partial charge in [0.05, 0.1) is 19.8 Å². The predicted molar refractivity (Wildman–Crippen MR) is 122 cm³/mol. The number of carbonyl (C=O) groups is 2. The fourth-order valence-corrected chi connectivity index (χ4v) is 6.71. The van der Waals surface area contributed by atoms with Crippen LogP contribution in [0.25, 0.3) is 0 Å². The summed E-state index contributed by atoms with van der Waals surface area (Å²) in [6.45, 7) is 0. The van der Waals surface area contributed by atoms with Crippen molar-refractivity contribution in [1.82, 2.24) is 0 Å². The third kappa shape index (κ3) is 3.71. The maximum absolute atomic E-state index is 12.9. The van der Waals surface area contributed by atoms with Crippen LogP contribution in [0.2, 0.25) is 0 Å². The number of Topliss-reactive ketones (excluding diaryl/α,β-unsaturated/α-hetero) is 1. The van der Waals surface area contributed by atoms with Crippen molar-refractivity contribution in [3.8, 4) is 17.6 Å². The molecule has 32 heavy (non-hydrogen) atoms. The minimum atomic E-state index is -0.393. The Balaban J connectivity index is 1.41. The Hall–Kier alpha value is -3.06. The molecule has 0 N–H and O–H groups in total. The Kier molecular flexibility index (Phi) is 5.29. The molecule has 0 heterocycles. The topological polar surface area (TPSA) is 52.6 Å². The number of ketones is 1. The van der Waals surface area contributed by atoms with Gasteiger partial charge in [0, 0.05) is 16.7 Å². The van der Waals surface area contributed by atoms with E-state index in [1.807, 2.05) is 18.2 Å². The number of rotatable bonds is 4. The third-order valence-electron chi connectivity index (χ3n) is 7.70. The van der Waals surface area contributed by atoms with Gasteiger partial charge in [-0.15, -0.1) is 0 Å². The largest absolute Gasteiger partial charge is 0.496 e. The van der Waals surface area contributed by atoms with Gasteiger partial charge in [-0.25, -0.2) is 4.79 Å². The van der Waals surface area contributed by atoms with E-state index in [0.717, 1.165) is 23.5 Å². The standard InChI is InChI=1S/C28H28O4/c1-31-26-10-8-23(25(29)9-5-18-3-6-22(7-4-18)27(30)32-2)14-24(26)28-15-19-11-20(16-28)13-21(12-19)17-28/h3-4,6-8,10,14,19-21H,11-13,15-17H2,1-2H3. The Morgan fingerprint density at radius 1 is 0.875 bits per heavy atom. The molecule has 2 aromatic rings. The molecule has 0 aliphatic heterocycles. The maximum atomic E-state index is 12.9. The molecule has 4 aliphatic carbocycles. The van der Waals surface area contributed by atoms with Gasteiger partial charge in [-0.1, -0.05) is 5.92 Å². The fraction of sp³-hybridized carbons (Fsp3) is 0.429. The molecule has 0 aromatic heterocycles. The second-order valence-corrected chi connectivity index (χ2v) is 9.76. The molecule has 4 fully saturated rings. The van der Waals surface area contributed by atoms with Gasteiger partial charge < -0.3 is 9.47 Å². The Morgan fingerprint density at radius 3 is 2.03 bits per heavy atom. The fourth-order valence-electron chi connectivity index (χ4n) is 6.71. The van der Waals surface area contributed by atoms with Crippen LogP contribution >= 0.6 is 0 Å². The number of ether oxygens (including phenoxy) is 2. The number of esters is 1. The molecule has 0 amide bonds. The molecule has 4 aliphatic rings.